The molecule has 0 aliphatic carbocycles. The third kappa shape index (κ3) is 18.5. The van der Waals surface area contributed by atoms with Crippen molar-refractivity contribution >= 4 is 54.2 Å². The summed E-state index contributed by atoms with van der Waals surface area (Å²) in [5, 5.41) is 0. The molecule has 0 saturated carbocycles. The number of hydrogen-bond acceptors (Lipinski definition) is 1. The molecule has 0 aliphatic rings. The molecule has 0 aromatic rings. The van der Waals surface area contributed by atoms with Crippen LogP contribution in [0.5, 0.6) is 0 Å². The third-order valence-electron chi connectivity index (χ3n) is 0.750. The van der Waals surface area contributed by atoms with Gasteiger partial charge in [-0.05, 0) is 0 Å². The molecule has 11 heavy (non-hydrogen) atoms. The van der Waals surface area contributed by atoms with Crippen molar-refractivity contribution in [3.63, 3.8) is 0 Å². The van der Waals surface area contributed by atoms with Crippen molar-refractivity contribution < 1.29 is 0 Å². The Morgan fingerprint density at radius 3 is 0.818 bits per heavy atom. The molecule has 0 saturated heterocycles. The van der Waals surface area contributed by atoms with Crippen LogP contribution in [0.2, 0.25) is 39.3 Å². The van der Waals surface area contributed by atoms with Gasteiger partial charge in [0.2, 0.25) is 0 Å². The summed E-state index contributed by atoms with van der Waals surface area (Å²) in [6, 6.07) is 0. The van der Waals surface area contributed by atoms with Gasteiger partial charge in [0.05, 0.1) is 0 Å². The molecule has 0 amide bonds. The molecule has 0 aromatic heterocycles. The van der Waals surface area contributed by atoms with E-state index in [0.29, 0.717) is 0 Å². The Kier molecular flexibility index (Phi) is 10.2. The molecule has 0 atom stereocenters. The molecule has 1 N–H and O–H groups in total. The Bertz CT molecular complexity index is 83.7. The van der Waals surface area contributed by atoms with E-state index in [4.69, 9.17) is 0 Å². The van der Waals surface area contributed by atoms with Crippen molar-refractivity contribution in [3.8, 4) is 0 Å². The van der Waals surface area contributed by atoms with E-state index in [9.17, 15) is 0 Å². The van der Waals surface area contributed by atoms with Gasteiger partial charge in [-0.25, -0.2) is 0 Å². The van der Waals surface area contributed by atoms with Gasteiger partial charge in [0.25, 0.3) is 0 Å². The second-order valence-electron chi connectivity index (χ2n) is 4.62. The van der Waals surface area contributed by atoms with Crippen LogP contribution < -0.4 is 4.65 Å². The summed E-state index contributed by atoms with van der Waals surface area (Å²) >= 11 is 0. The SMILES string of the molecule is C[Si](C)(C)N[Si](C)(C)C.[LiH].[LiH]. The number of hydrogen-bond donors (Lipinski definition) is 1. The summed E-state index contributed by atoms with van der Waals surface area (Å²) in [5.41, 5.74) is 0. The zero-order valence-electron chi connectivity index (χ0n) is 7.50. The standard InChI is InChI=1S/C6H19NSi2.2Li.2H/c1-8(2,3)7-9(4,5)6;;;;/h7H,1-6H3;;;;. The molecule has 1 nitrogen and oxygen atoms in total. The molecule has 0 spiro atoms. The molecule has 0 aliphatic heterocycles. The summed E-state index contributed by atoms with van der Waals surface area (Å²) in [5.74, 6) is 0. The first kappa shape index (κ1) is 18.4. The average Bonchev–Trinajstić information content (AvgIpc) is 1.14. The second kappa shape index (κ2) is 6.10. The first-order valence-corrected chi connectivity index (χ1v) is 10.5. The van der Waals surface area contributed by atoms with E-state index >= 15 is 0 Å². The molecule has 60 valence electrons. The molecular weight excluding hydrogens is 156 g/mol. The third-order valence-corrected chi connectivity index (χ3v) is 6.75. The van der Waals surface area contributed by atoms with Gasteiger partial charge in [-0.3, -0.25) is 0 Å². The molecule has 0 radical (unpaired) electrons. The zero-order chi connectivity index (χ0) is 7.71. The van der Waals surface area contributed by atoms with Crippen molar-refractivity contribution in [1.29, 1.82) is 0 Å². The van der Waals surface area contributed by atoms with Crippen molar-refractivity contribution in [3.05, 3.63) is 0 Å². The van der Waals surface area contributed by atoms with E-state index in [1.807, 2.05) is 0 Å². The monoisotopic (exact) mass is 177 g/mol. The maximum atomic E-state index is 3.74. The van der Waals surface area contributed by atoms with Gasteiger partial charge >= 0.3 is 37.7 Å². The van der Waals surface area contributed by atoms with E-state index in [1.165, 1.54) is 0 Å². The van der Waals surface area contributed by atoms with Crippen molar-refractivity contribution in [2.45, 2.75) is 39.3 Å². The van der Waals surface area contributed by atoms with Crippen LogP contribution >= 0.6 is 0 Å². The van der Waals surface area contributed by atoms with Crippen LogP contribution in [0.15, 0.2) is 0 Å². The van der Waals surface area contributed by atoms with Crippen LogP contribution in [-0.2, 0) is 0 Å². The fourth-order valence-corrected chi connectivity index (χ4v) is 10.1. The minimum atomic E-state index is -0.981. The van der Waals surface area contributed by atoms with Crippen molar-refractivity contribution in [1.82, 2.24) is 4.65 Å². The summed E-state index contributed by atoms with van der Waals surface area (Å²) in [7, 11) is -1.96. The fraction of sp³-hybridized carbons (Fsp3) is 1.00. The van der Waals surface area contributed by atoms with Gasteiger partial charge in [-0.2, -0.15) is 0 Å². The van der Waals surface area contributed by atoms with Gasteiger partial charge < -0.3 is 4.65 Å². The van der Waals surface area contributed by atoms with Crippen LogP contribution in [0, 0.1) is 0 Å². The molecule has 0 fully saturated rings. The molecule has 0 unspecified atom stereocenters. The first-order valence-electron chi connectivity index (χ1n) is 3.50. The van der Waals surface area contributed by atoms with E-state index < -0.39 is 16.5 Å². The van der Waals surface area contributed by atoms with Gasteiger partial charge in [-0.1, -0.05) is 39.3 Å². The van der Waals surface area contributed by atoms with Crippen molar-refractivity contribution in [2.24, 2.45) is 0 Å². The van der Waals surface area contributed by atoms with Crippen LogP contribution in [-0.4, -0.2) is 54.2 Å². The summed E-state index contributed by atoms with van der Waals surface area (Å²) in [4.78, 5) is 0. The van der Waals surface area contributed by atoms with E-state index in [-0.39, 0.29) is 37.7 Å². The Morgan fingerprint density at radius 1 is 0.636 bits per heavy atom. The van der Waals surface area contributed by atoms with Gasteiger partial charge in [0.1, 0.15) is 16.5 Å². The average molecular weight is 177 g/mol. The second-order valence-corrected chi connectivity index (χ2v) is 14.6. The van der Waals surface area contributed by atoms with Crippen LogP contribution in [0.3, 0.4) is 0 Å². The molecule has 0 rings (SSSR count). The van der Waals surface area contributed by atoms with Crippen LogP contribution in [0.4, 0.5) is 0 Å². The van der Waals surface area contributed by atoms with Crippen LogP contribution in [0.1, 0.15) is 0 Å². The Hall–Kier alpha value is 1.59. The quantitative estimate of drug-likeness (QED) is 0.619. The molecular formula is C6H21Li2NSi2. The summed E-state index contributed by atoms with van der Waals surface area (Å²) in [6.45, 7) is 14.1. The summed E-state index contributed by atoms with van der Waals surface area (Å²) < 4.78 is 3.74. The topological polar surface area (TPSA) is 12.0 Å². The normalized spacial score (nSPS) is 11.5. The number of rotatable bonds is 2. The van der Waals surface area contributed by atoms with E-state index in [2.05, 4.69) is 43.9 Å². The first-order chi connectivity index (χ1) is 3.71. The van der Waals surface area contributed by atoms with Crippen molar-refractivity contribution in [2.75, 3.05) is 0 Å². The van der Waals surface area contributed by atoms with Gasteiger partial charge in [-0.15, -0.1) is 0 Å². The van der Waals surface area contributed by atoms with Crippen LogP contribution in [0.25, 0.3) is 0 Å². The Labute approximate surface area is 97.6 Å². The molecule has 5 heteroatoms. The van der Waals surface area contributed by atoms with Gasteiger partial charge in [0, 0.05) is 0 Å². The summed E-state index contributed by atoms with van der Waals surface area (Å²) in [6.07, 6.45) is 0. The van der Waals surface area contributed by atoms with Gasteiger partial charge in [0.15, 0.2) is 0 Å². The predicted octanol–water partition coefficient (Wildman–Crippen LogP) is 0.949. The Morgan fingerprint density at radius 2 is 0.818 bits per heavy atom. The number of nitrogens with one attached hydrogen (secondary N) is 1. The van der Waals surface area contributed by atoms with E-state index in [1.54, 1.807) is 0 Å². The molecule has 0 bridgehead atoms. The fourth-order valence-electron chi connectivity index (χ4n) is 1.12. The predicted molar refractivity (Wildman–Crippen MR) is 64.1 cm³/mol. The minimum absolute atomic E-state index is 0. The molecule has 0 aromatic carbocycles. The van der Waals surface area contributed by atoms with E-state index in [0.717, 1.165) is 0 Å². The zero-order valence-corrected chi connectivity index (χ0v) is 9.50. The molecule has 0 heterocycles. The Balaban J connectivity index is -0.000000320. The maximum absolute atomic E-state index is 3.74.